The molecular weight excluding hydrogens is 372 g/mol. The SMILES string of the molecule is CCCNCc1cc(S(=O)(=O)N2CC3CCC2C3)c(Br)s1. The molecule has 0 radical (unpaired) electrons. The number of hydrogen-bond acceptors (Lipinski definition) is 4. The van der Waals surface area contributed by atoms with E-state index in [9.17, 15) is 8.42 Å². The van der Waals surface area contributed by atoms with Crippen LogP contribution in [0.2, 0.25) is 0 Å². The number of nitrogens with zero attached hydrogens (tertiary/aromatic N) is 1. The summed E-state index contributed by atoms with van der Waals surface area (Å²) in [7, 11) is -3.34. The van der Waals surface area contributed by atoms with Crippen LogP contribution in [0.4, 0.5) is 0 Å². The minimum atomic E-state index is -3.34. The van der Waals surface area contributed by atoms with Gasteiger partial charge in [0.05, 0.1) is 3.79 Å². The fourth-order valence-corrected chi connectivity index (χ4v) is 7.70. The summed E-state index contributed by atoms with van der Waals surface area (Å²) < 4.78 is 28.2. The Kier molecular flexibility index (Phi) is 4.76. The van der Waals surface area contributed by atoms with E-state index < -0.39 is 10.0 Å². The molecule has 1 aliphatic heterocycles. The maximum atomic E-state index is 12.9. The van der Waals surface area contributed by atoms with E-state index in [1.54, 1.807) is 4.31 Å². The Morgan fingerprint density at radius 1 is 1.48 bits per heavy atom. The number of rotatable bonds is 6. The summed E-state index contributed by atoms with van der Waals surface area (Å²) in [5, 5.41) is 3.32. The van der Waals surface area contributed by atoms with Crippen LogP contribution in [0, 0.1) is 5.92 Å². The van der Waals surface area contributed by atoms with Gasteiger partial charge in [-0.05, 0) is 60.1 Å². The first-order chi connectivity index (χ1) is 10.0. The number of nitrogens with one attached hydrogen (secondary N) is 1. The third kappa shape index (κ3) is 3.08. The monoisotopic (exact) mass is 392 g/mol. The summed E-state index contributed by atoms with van der Waals surface area (Å²) in [6.07, 6.45) is 4.34. The minimum Gasteiger partial charge on any atom is -0.312 e. The van der Waals surface area contributed by atoms with Crippen LogP contribution in [0.1, 0.15) is 37.5 Å². The molecule has 1 aliphatic carbocycles. The molecule has 0 amide bonds. The average Bonchev–Trinajstić information content (AvgIpc) is 3.14. The normalized spacial score (nSPS) is 25.8. The zero-order valence-electron chi connectivity index (χ0n) is 12.1. The lowest BCUT2D eigenvalue weighted by Crippen LogP contribution is -2.37. The van der Waals surface area contributed by atoms with Gasteiger partial charge < -0.3 is 5.32 Å². The average molecular weight is 393 g/mol. The van der Waals surface area contributed by atoms with E-state index in [0.717, 1.165) is 41.0 Å². The molecule has 2 fully saturated rings. The minimum absolute atomic E-state index is 0.230. The van der Waals surface area contributed by atoms with Gasteiger partial charge in [0.15, 0.2) is 0 Å². The van der Waals surface area contributed by atoms with Gasteiger partial charge in [-0.15, -0.1) is 11.3 Å². The Balaban J connectivity index is 1.79. The van der Waals surface area contributed by atoms with Gasteiger partial charge in [-0.25, -0.2) is 8.42 Å². The van der Waals surface area contributed by atoms with E-state index in [2.05, 4.69) is 28.2 Å². The molecule has 7 heteroatoms. The highest BCUT2D eigenvalue weighted by Crippen LogP contribution is 2.42. The maximum absolute atomic E-state index is 12.9. The molecular formula is C14H21BrN2O2S2. The molecule has 1 saturated carbocycles. The molecule has 0 spiro atoms. The van der Waals surface area contributed by atoms with Crippen LogP contribution in [0.15, 0.2) is 14.7 Å². The third-order valence-corrected chi connectivity index (χ3v) is 8.55. The van der Waals surface area contributed by atoms with Crippen molar-refractivity contribution in [3.63, 3.8) is 0 Å². The highest BCUT2D eigenvalue weighted by atomic mass is 79.9. The van der Waals surface area contributed by atoms with Gasteiger partial charge in [-0.3, -0.25) is 0 Å². The van der Waals surface area contributed by atoms with Crippen molar-refractivity contribution in [1.82, 2.24) is 9.62 Å². The first-order valence-corrected chi connectivity index (χ1v) is 10.6. The summed E-state index contributed by atoms with van der Waals surface area (Å²) >= 11 is 4.97. The Morgan fingerprint density at radius 2 is 2.29 bits per heavy atom. The van der Waals surface area contributed by atoms with Gasteiger partial charge in [-0.2, -0.15) is 4.31 Å². The Bertz CT molecular complexity index is 614. The zero-order valence-corrected chi connectivity index (χ0v) is 15.4. The van der Waals surface area contributed by atoms with Gasteiger partial charge >= 0.3 is 0 Å². The number of piperidine rings is 1. The summed E-state index contributed by atoms with van der Waals surface area (Å²) in [6.45, 7) is 4.51. The molecule has 1 N–H and O–H groups in total. The molecule has 2 unspecified atom stereocenters. The molecule has 1 saturated heterocycles. The van der Waals surface area contributed by atoms with Gasteiger partial charge in [0, 0.05) is 24.0 Å². The van der Waals surface area contributed by atoms with E-state index in [1.165, 1.54) is 17.8 Å². The summed E-state index contributed by atoms with van der Waals surface area (Å²) in [5.74, 6) is 0.577. The molecule has 4 nitrogen and oxygen atoms in total. The number of fused-ring (bicyclic) bond motifs is 2. The molecule has 21 heavy (non-hydrogen) atoms. The van der Waals surface area contributed by atoms with Crippen molar-refractivity contribution in [3.8, 4) is 0 Å². The number of hydrogen-bond donors (Lipinski definition) is 1. The van der Waals surface area contributed by atoms with Crippen LogP contribution in [0.25, 0.3) is 0 Å². The standard InChI is InChI=1S/C14H21BrN2O2S2/c1-2-5-16-8-12-7-13(14(15)20-12)21(18,19)17-9-10-3-4-11(17)6-10/h7,10-11,16H,2-6,8-9H2,1H3. The molecule has 2 aliphatic rings. The van der Waals surface area contributed by atoms with Crippen LogP contribution in [0.5, 0.6) is 0 Å². The summed E-state index contributed by atoms with van der Waals surface area (Å²) in [6, 6.07) is 2.06. The van der Waals surface area contributed by atoms with E-state index in [1.807, 2.05) is 6.07 Å². The zero-order chi connectivity index (χ0) is 15.0. The molecule has 2 bridgehead atoms. The number of thiophene rings is 1. The van der Waals surface area contributed by atoms with Crippen LogP contribution in [-0.4, -0.2) is 31.9 Å². The van der Waals surface area contributed by atoms with Crippen molar-refractivity contribution in [3.05, 3.63) is 14.7 Å². The van der Waals surface area contributed by atoms with E-state index in [4.69, 9.17) is 0 Å². The maximum Gasteiger partial charge on any atom is 0.245 e. The van der Waals surface area contributed by atoms with E-state index in [0.29, 0.717) is 17.4 Å². The fourth-order valence-electron chi connectivity index (χ4n) is 3.35. The molecule has 2 atom stereocenters. The van der Waals surface area contributed by atoms with Crippen molar-refractivity contribution < 1.29 is 8.42 Å². The predicted octanol–water partition coefficient (Wildman–Crippen LogP) is 3.18. The lowest BCUT2D eigenvalue weighted by atomic mass is 10.1. The number of sulfonamides is 1. The highest BCUT2D eigenvalue weighted by molar-refractivity contribution is 9.11. The van der Waals surface area contributed by atoms with Crippen molar-refractivity contribution in [2.24, 2.45) is 5.92 Å². The highest BCUT2D eigenvalue weighted by Gasteiger charge is 2.45. The Morgan fingerprint density at radius 3 is 2.90 bits per heavy atom. The quantitative estimate of drug-likeness (QED) is 0.756. The molecule has 0 aromatic carbocycles. The largest absolute Gasteiger partial charge is 0.312 e. The van der Waals surface area contributed by atoms with Crippen molar-refractivity contribution in [2.45, 2.75) is 50.1 Å². The molecule has 1 aromatic rings. The Labute approximate surface area is 139 Å². The molecule has 2 heterocycles. The summed E-state index contributed by atoms with van der Waals surface area (Å²) in [4.78, 5) is 1.52. The van der Waals surface area contributed by atoms with Crippen LogP contribution in [0.3, 0.4) is 0 Å². The number of halogens is 1. The predicted molar refractivity (Wildman–Crippen MR) is 89.0 cm³/mol. The molecule has 3 rings (SSSR count). The van der Waals surface area contributed by atoms with Crippen LogP contribution in [-0.2, 0) is 16.6 Å². The lowest BCUT2D eigenvalue weighted by Gasteiger charge is -2.25. The first-order valence-electron chi connectivity index (χ1n) is 7.53. The van der Waals surface area contributed by atoms with Gasteiger partial charge in [-0.1, -0.05) is 6.92 Å². The van der Waals surface area contributed by atoms with E-state index in [-0.39, 0.29) is 6.04 Å². The van der Waals surface area contributed by atoms with Crippen LogP contribution < -0.4 is 5.32 Å². The fraction of sp³-hybridized carbons (Fsp3) is 0.714. The lowest BCUT2D eigenvalue weighted by molar-refractivity contribution is 0.333. The smallest absolute Gasteiger partial charge is 0.245 e. The topological polar surface area (TPSA) is 49.4 Å². The second-order valence-corrected chi connectivity index (χ2v) is 10.2. The van der Waals surface area contributed by atoms with Crippen LogP contribution >= 0.6 is 27.3 Å². The summed E-state index contributed by atoms with van der Waals surface area (Å²) in [5.41, 5.74) is 0. The molecule has 1 aromatic heterocycles. The van der Waals surface area contributed by atoms with Gasteiger partial charge in [0.1, 0.15) is 4.90 Å². The van der Waals surface area contributed by atoms with Gasteiger partial charge in [0.2, 0.25) is 10.0 Å². The second-order valence-electron chi connectivity index (χ2n) is 5.94. The molecule has 118 valence electrons. The van der Waals surface area contributed by atoms with Crippen molar-refractivity contribution in [1.29, 1.82) is 0 Å². The van der Waals surface area contributed by atoms with Crippen molar-refractivity contribution in [2.75, 3.05) is 13.1 Å². The third-order valence-electron chi connectivity index (χ3n) is 4.38. The Hall–Kier alpha value is 0.0500. The van der Waals surface area contributed by atoms with Crippen molar-refractivity contribution >= 4 is 37.3 Å². The van der Waals surface area contributed by atoms with E-state index >= 15 is 0 Å². The first kappa shape index (κ1) is 15.9. The second kappa shape index (κ2) is 6.28. The van der Waals surface area contributed by atoms with Gasteiger partial charge in [0.25, 0.3) is 0 Å².